The average Bonchev–Trinajstić information content (AvgIpc) is 3.28. The van der Waals surface area contributed by atoms with Crippen LogP contribution < -0.4 is 4.90 Å². The van der Waals surface area contributed by atoms with Gasteiger partial charge in [0.1, 0.15) is 5.84 Å². The molecule has 0 saturated carbocycles. The minimum Gasteiger partial charge on any atom is -0.336 e. The minimum atomic E-state index is -3.42. The zero-order valence-corrected chi connectivity index (χ0v) is 17.4. The van der Waals surface area contributed by atoms with E-state index in [2.05, 4.69) is 24.8 Å². The molecule has 4 heterocycles. The lowest BCUT2D eigenvalue weighted by Gasteiger charge is -2.35. The quantitative estimate of drug-likeness (QED) is 0.645. The highest BCUT2D eigenvalue weighted by Gasteiger charge is 2.29. The summed E-state index contributed by atoms with van der Waals surface area (Å²) in [4.78, 5) is 18.5. The second-order valence-electron chi connectivity index (χ2n) is 7.35. The van der Waals surface area contributed by atoms with Crippen LogP contribution in [0.15, 0.2) is 58.7 Å². The molecule has 2 aromatic rings. The van der Waals surface area contributed by atoms with E-state index in [9.17, 15) is 13.2 Å². The highest BCUT2D eigenvalue weighted by Crippen LogP contribution is 2.20. The van der Waals surface area contributed by atoms with Crippen LogP contribution in [0.3, 0.4) is 0 Å². The number of amidine groups is 1. The Morgan fingerprint density at radius 1 is 0.968 bits per heavy atom. The van der Waals surface area contributed by atoms with Crippen molar-refractivity contribution in [3.8, 4) is 5.69 Å². The lowest BCUT2D eigenvalue weighted by atomic mass is 10.1. The molecule has 31 heavy (non-hydrogen) atoms. The van der Waals surface area contributed by atoms with E-state index in [4.69, 9.17) is 0 Å². The second kappa shape index (κ2) is 7.61. The summed E-state index contributed by atoms with van der Waals surface area (Å²) in [6, 6.07) is 9.66. The Labute approximate surface area is 179 Å². The Morgan fingerprint density at radius 2 is 1.74 bits per heavy atom. The number of para-hydroxylation sites is 1. The van der Waals surface area contributed by atoms with E-state index in [1.807, 2.05) is 30.3 Å². The van der Waals surface area contributed by atoms with Crippen molar-refractivity contribution in [1.29, 1.82) is 0 Å². The fourth-order valence-corrected chi connectivity index (χ4v) is 4.70. The first-order chi connectivity index (χ1) is 15.0. The number of carbonyl (C=O) groups is 1. The number of anilines is 1. The van der Waals surface area contributed by atoms with Crippen LogP contribution in [0.5, 0.6) is 0 Å². The number of aromatic nitrogens is 4. The predicted octanol–water partition coefficient (Wildman–Crippen LogP) is -0.191. The fourth-order valence-electron chi connectivity index (χ4n) is 3.74. The maximum absolute atomic E-state index is 13.0. The van der Waals surface area contributed by atoms with E-state index in [1.165, 1.54) is 0 Å². The molecule has 0 spiro atoms. The second-order valence-corrected chi connectivity index (χ2v) is 9.11. The Hall–Kier alpha value is -3.54. The molecule has 0 bridgehead atoms. The molecule has 3 aliphatic rings. The van der Waals surface area contributed by atoms with Gasteiger partial charge in [0.05, 0.1) is 17.0 Å². The molecule has 0 unspecified atom stereocenters. The van der Waals surface area contributed by atoms with Crippen LogP contribution in [0.2, 0.25) is 0 Å². The number of tetrazole rings is 1. The van der Waals surface area contributed by atoms with Crippen molar-refractivity contribution in [1.82, 2.24) is 30.0 Å². The molecule has 0 atom stereocenters. The van der Waals surface area contributed by atoms with Crippen molar-refractivity contribution >= 4 is 27.7 Å². The molecular formula is C19H20N8O3S. The Bertz CT molecular complexity index is 1190. The van der Waals surface area contributed by atoms with Crippen LogP contribution in [0.25, 0.3) is 5.69 Å². The van der Waals surface area contributed by atoms with Crippen LogP contribution in [0.4, 0.5) is 5.95 Å². The smallest absolute Gasteiger partial charge is 0.256 e. The number of carbonyl (C=O) groups excluding carboxylic acids is 1. The van der Waals surface area contributed by atoms with E-state index >= 15 is 0 Å². The molecule has 5 rings (SSSR count). The van der Waals surface area contributed by atoms with Crippen LogP contribution in [0, 0.1) is 0 Å². The van der Waals surface area contributed by atoms with Gasteiger partial charge in [-0.25, -0.2) is 8.42 Å². The first-order valence-corrected chi connectivity index (χ1v) is 11.5. The van der Waals surface area contributed by atoms with Crippen molar-refractivity contribution in [3.05, 3.63) is 54.3 Å². The zero-order valence-electron chi connectivity index (χ0n) is 16.6. The van der Waals surface area contributed by atoms with Gasteiger partial charge < -0.3 is 14.7 Å². The maximum Gasteiger partial charge on any atom is 0.256 e. The predicted molar refractivity (Wildman–Crippen MR) is 113 cm³/mol. The normalized spacial score (nSPS) is 20.2. The van der Waals surface area contributed by atoms with Crippen LogP contribution in [-0.4, -0.2) is 88.6 Å². The summed E-state index contributed by atoms with van der Waals surface area (Å²) in [7, 11) is -3.42. The lowest BCUT2D eigenvalue weighted by molar-refractivity contribution is -0.127. The molecule has 1 fully saturated rings. The van der Waals surface area contributed by atoms with E-state index in [1.54, 1.807) is 32.8 Å². The summed E-state index contributed by atoms with van der Waals surface area (Å²) < 4.78 is 28.7. The number of amides is 1. The third-order valence-corrected chi connectivity index (χ3v) is 6.54. The molecular weight excluding hydrogens is 420 g/mol. The van der Waals surface area contributed by atoms with Crippen molar-refractivity contribution in [2.45, 2.75) is 0 Å². The molecule has 1 aromatic carbocycles. The van der Waals surface area contributed by atoms with Gasteiger partial charge in [0.25, 0.3) is 15.9 Å². The highest BCUT2D eigenvalue weighted by molar-refractivity contribution is 7.90. The molecule has 0 aliphatic carbocycles. The van der Waals surface area contributed by atoms with Gasteiger partial charge in [-0.1, -0.05) is 23.3 Å². The Kier molecular flexibility index (Phi) is 4.77. The molecule has 1 amide bonds. The van der Waals surface area contributed by atoms with Crippen molar-refractivity contribution in [3.63, 3.8) is 0 Å². The van der Waals surface area contributed by atoms with Gasteiger partial charge in [-0.3, -0.25) is 4.79 Å². The summed E-state index contributed by atoms with van der Waals surface area (Å²) in [5, 5.41) is 12.1. The summed E-state index contributed by atoms with van der Waals surface area (Å²) in [6.07, 6.45) is 4.88. The van der Waals surface area contributed by atoms with Gasteiger partial charge >= 0.3 is 0 Å². The molecule has 0 radical (unpaired) electrons. The van der Waals surface area contributed by atoms with Crippen molar-refractivity contribution < 1.29 is 13.2 Å². The van der Waals surface area contributed by atoms with E-state index in [0.717, 1.165) is 5.69 Å². The molecule has 12 heteroatoms. The van der Waals surface area contributed by atoms with Crippen LogP contribution >= 0.6 is 0 Å². The topological polar surface area (TPSA) is 117 Å². The van der Waals surface area contributed by atoms with Crippen LogP contribution in [-0.2, 0) is 14.8 Å². The van der Waals surface area contributed by atoms with E-state index in [0.29, 0.717) is 43.5 Å². The number of benzene rings is 1. The molecule has 0 N–H and O–H groups in total. The van der Waals surface area contributed by atoms with Gasteiger partial charge in [0.2, 0.25) is 5.95 Å². The van der Waals surface area contributed by atoms with Crippen molar-refractivity contribution in [2.24, 2.45) is 4.40 Å². The maximum atomic E-state index is 13.0. The molecule has 1 saturated heterocycles. The van der Waals surface area contributed by atoms with Gasteiger partial charge in [0.15, 0.2) is 0 Å². The van der Waals surface area contributed by atoms with Gasteiger partial charge in [-0.2, -0.15) is 4.68 Å². The number of sulfonamides is 1. The van der Waals surface area contributed by atoms with Gasteiger partial charge in [-0.15, -0.1) is 4.40 Å². The summed E-state index contributed by atoms with van der Waals surface area (Å²) >= 11 is 0. The summed E-state index contributed by atoms with van der Waals surface area (Å²) in [5.74, 6) is 0.841. The SMILES string of the molecule is O=C(C1=CN2CCS(=O)(=O)N=C2C=C1)N1CCN(c2nnnn2-c2ccccc2)CC1. The highest BCUT2D eigenvalue weighted by atomic mass is 32.2. The molecule has 11 nitrogen and oxygen atoms in total. The first kappa shape index (κ1) is 19.4. The summed E-state index contributed by atoms with van der Waals surface area (Å²) in [6.45, 7) is 2.55. The minimum absolute atomic E-state index is 0.0584. The first-order valence-electron chi connectivity index (χ1n) is 9.87. The fraction of sp³-hybridized carbons (Fsp3) is 0.316. The molecule has 1 aromatic heterocycles. The lowest BCUT2D eigenvalue weighted by Crippen LogP contribution is -2.50. The largest absolute Gasteiger partial charge is 0.336 e. The number of fused-ring (bicyclic) bond motifs is 1. The monoisotopic (exact) mass is 440 g/mol. The number of rotatable bonds is 3. The van der Waals surface area contributed by atoms with Gasteiger partial charge in [0, 0.05) is 38.9 Å². The third kappa shape index (κ3) is 3.81. The van der Waals surface area contributed by atoms with Crippen molar-refractivity contribution in [2.75, 3.05) is 43.4 Å². The number of hydrogen-bond acceptors (Lipinski definition) is 8. The number of hydrogen-bond donors (Lipinski definition) is 0. The Balaban J connectivity index is 1.26. The van der Waals surface area contributed by atoms with Crippen LogP contribution in [0.1, 0.15) is 0 Å². The number of piperazine rings is 1. The zero-order chi connectivity index (χ0) is 21.4. The van der Waals surface area contributed by atoms with Gasteiger partial charge in [-0.05, 0) is 34.7 Å². The molecule has 160 valence electrons. The standard InChI is InChI=1S/C19H20N8O3S/c28-18(15-6-7-17-21-31(29,30)13-12-26(17)14-15)24-8-10-25(11-9-24)19-20-22-23-27(19)16-4-2-1-3-5-16/h1-7,14H,8-13H2. The summed E-state index contributed by atoms with van der Waals surface area (Å²) in [5.41, 5.74) is 1.39. The Morgan fingerprint density at radius 3 is 2.52 bits per heavy atom. The molecule has 3 aliphatic heterocycles. The average molecular weight is 440 g/mol. The third-order valence-electron chi connectivity index (χ3n) is 5.37. The van der Waals surface area contributed by atoms with E-state index in [-0.39, 0.29) is 18.2 Å². The number of nitrogens with zero attached hydrogens (tertiary/aromatic N) is 8. The van der Waals surface area contributed by atoms with E-state index < -0.39 is 10.0 Å².